The molecule has 2 aliphatic heterocycles. The van der Waals surface area contributed by atoms with Crippen molar-refractivity contribution in [1.29, 1.82) is 5.26 Å². The Labute approximate surface area is 287 Å². The summed E-state index contributed by atoms with van der Waals surface area (Å²) < 4.78 is 87.3. The van der Waals surface area contributed by atoms with E-state index in [0.29, 0.717) is 22.7 Å². The van der Waals surface area contributed by atoms with Gasteiger partial charge in [-0.3, -0.25) is 14.7 Å². The molecule has 1 amide bonds. The van der Waals surface area contributed by atoms with E-state index >= 15 is 4.79 Å². The highest BCUT2D eigenvalue weighted by atomic mass is 32.2. The number of aromatic nitrogens is 1. The van der Waals surface area contributed by atoms with E-state index in [0.717, 1.165) is 16.6 Å². The van der Waals surface area contributed by atoms with E-state index in [4.69, 9.17) is 14.2 Å². The number of nitrogens with zero attached hydrogens (tertiary/aromatic N) is 5. The normalized spacial score (nSPS) is 18.1. The van der Waals surface area contributed by atoms with E-state index in [1.54, 1.807) is 41.0 Å². The summed E-state index contributed by atoms with van der Waals surface area (Å²) in [7, 11) is -1.95. The third kappa shape index (κ3) is 5.63. The predicted octanol–water partition coefficient (Wildman–Crippen LogP) is 5.19. The molecule has 11 nitrogen and oxygen atoms in total. The van der Waals surface area contributed by atoms with Crippen LogP contribution in [0.5, 0.6) is 17.2 Å². The van der Waals surface area contributed by atoms with Gasteiger partial charge in [0, 0.05) is 55.3 Å². The molecule has 1 unspecified atom stereocenters. The van der Waals surface area contributed by atoms with Crippen molar-refractivity contribution in [3.8, 4) is 23.3 Å². The summed E-state index contributed by atoms with van der Waals surface area (Å²) in [6.07, 6.45) is -3.54. The first kappa shape index (κ1) is 34.5. The molecule has 2 aliphatic rings. The lowest BCUT2D eigenvalue weighted by Crippen LogP contribution is -2.60. The fourth-order valence-corrected chi connectivity index (χ4v) is 8.23. The van der Waals surface area contributed by atoms with E-state index in [1.165, 1.54) is 56.7 Å². The van der Waals surface area contributed by atoms with Crippen molar-refractivity contribution in [1.82, 2.24) is 9.88 Å². The van der Waals surface area contributed by atoms with Crippen LogP contribution in [0.2, 0.25) is 0 Å². The lowest BCUT2D eigenvalue weighted by atomic mass is 9.80. The third-order valence-electron chi connectivity index (χ3n) is 8.85. The van der Waals surface area contributed by atoms with Crippen LogP contribution in [0.15, 0.2) is 83.9 Å². The number of rotatable bonds is 9. The molecule has 1 saturated heterocycles. The van der Waals surface area contributed by atoms with Crippen LogP contribution in [-0.2, 0) is 26.5 Å². The molecule has 3 aromatic carbocycles. The summed E-state index contributed by atoms with van der Waals surface area (Å²) in [5.74, 6) is -0.237. The Balaban J connectivity index is 1.54. The molecule has 3 heterocycles. The molecule has 0 saturated carbocycles. The van der Waals surface area contributed by atoms with Crippen LogP contribution in [0.25, 0.3) is 0 Å². The molecule has 1 atom stereocenters. The highest BCUT2D eigenvalue weighted by molar-refractivity contribution is 7.93. The fraction of sp³-hybridized carbons (Fsp3) is 0.286. The van der Waals surface area contributed by atoms with Crippen LogP contribution in [0, 0.1) is 11.3 Å². The highest BCUT2D eigenvalue weighted by Gasteiger charge is 2.61. The summed E-state index contributed by atoms with van der Waals surface area (Å²) in [5, 5.41) is 9.96. The maximum absolute atomic E-state index is 15.3. The minimum atomic E-state index is -4.68. The number of hydrogen-bond donors (Lipinski definition) is 0. The highest BCUT2D eigenvalue weighted by Crippen LogP contribution is 2.53. The number of anilines is 2. The Bertz CT molecular complexity index is 2100. The van der Waals surface area contributed by atoms with Crippen LogP contribution < -0.4 is 23.4 Å². The number of pyridine rings is 1. The smallest absolute Gasteiger partial charge is 0.433 e. The molecule has 0 bridgehead atoms. The topological polar surface area (TPSA) is 125 Å². The number of amides is 1. The van der Waals surface area contributed by atoms with Crippen molar-refractivity contribution in [3.63, 3.8) is 0 Å². The van der Waals surface area contributed by atoms with Gasteiger partial charge in [-0.05, 0) is 55.5 Å². The summed E-state index contributed by atoms with van der Waals surface area (Å²) in [4.78, 5) is 22.1. The molecular formula is C35H32F3N5O6S. The van der Waals surface area contributed by atoms with E-state index in [9.17, 15) is 26.9 Å². The van der Waals surface area contributed by atoms with Crippen LogP contribution >= 0.6 is 0 Å². The van der Waals surface area contributed by atoms with E-state index < -0.39 is 33.3 Å². The van der Waals surface area contributed by atoms with E-state index in [2.05, 4.69) is 11.1 Å². The zero-order valence-electron chi connectivity index (χ0n) is 27.3. The second-order valence-corrected chi connectivity index (χ2v) is 13.2. The molecular weight excluding hydrogens is 675 g/mol. The minimum absolute atomic E-state index is 0.0320. The van der Waals surface area contributed by atoms with Crippen molar-refractivity contribution in [2.24, 2.45) is 0 Å². The summed E-state index contributed by atoms with van der Waals surface area (Å²) >= 11 is 0. The number of benzene rings is 3. The zero-order valence-corrected chi connectivity index (χ0v) is 28.1. The number of piperazine rings is 1. The van der Waals surface area contributed by atoms with Crippen molar-refractivity contribution in [3.05, 3.63) is 101 Å². The van der Waals surface area contributed by atoms with Gasteiger partial charge in [-0.1, -0.05) is 18.2 Å². The van der Waals surface area contributed by atoms with E-state index in [1.807, 2.05) is 0 Å². The molecule has 6 rings (SSSR count). The van der Waals surface area contributed by atoms with Gasteiger partial charge >= 0.3 is 6.18 Å². The minimum Gasteiger partial charge on any atom is -0.497 e. The SMILES string of the molecule is CCOc1ccccc1C1(N2CCN(c3ccnc(C(F)(F)F)c3)CC2)C(=O)N(S(=O)(=O)c2ccc(OC)cc2OC)c2ccc(C#N)cc21. The molecule has 0 spiro atoms. The quantitative estimate of drug-likeness (QED) is 0.230. The van der Waals surface area contributed by atoms with Crippen molar-refractivity contribution < 1.29 is 40.6 Å². The van der Waals surface area contributed by atoms with Gasteiger partial charge in [0.25, 0.3) is 15.9 Å². The van der Waals surface area contributed by atoms with Crippen LogP contribution in [-0.4, -0.2) is 71.2 Å². The lowest BCUT2D eigenvalue weighted by molar-refractivity contribution is -0.141. The molecule has 0 N–H and O–H groups in total. The number of methoxy groups -OCH3 is 2. The van der Waals surface area contributed by atoms with Crippen LogP contribution in [0.3, 0.4) is 0 Å². The Hall–Kier alpha value is -5.33. The van der Waals surface area contributed by atoms with Gasteiger partial charge < -0.3 is 19.1 Å². The van der Waals surface area contributed by atoms with Gasteiger partial charge in [0.05, 0.1) is 38.1 Å². The average Bonchev–Trinajstić information content (AvgIpc) is 3.39. The third-order valence-corrected chi connectivity index (χ3v) is 10.6. The molecule has 4 aromatic rings. The Kier molecular flexibility index (Phi) is 9.10. The van der Waals surface area contributed by atoms with Gasteiger partial charge in [-0.25, -0.2) is 12.7 Å². The first-order valence-electron chi connectivity index (χ1n) is 15.5. The number of halogens is 3. The Morgan fingerprint density at radius 3 is 2.32 bits per heavy atom. The summed E-state index contributed by atoms with van der Waals surface area (Å²) in [6, 6.07) is 19.8. The monoisotopic (exact) mass is 707 g/mol. The van der Waals surface area contributed by atoms with Gasteiger partial charge in [0.1, 0.15) is 27.8 Å². The van der Waals surface area contributed by atoms with Gasteiger partial charge in [-0.2, -0.15) is 18.4 Å². The first-order chi connectivity index (χ1) is 23.9. The number of carbonyl (C=O) groups is 1. The predicted molar refractivity (Wildman–Crippen MR) is 177 cm³/mol. The van der Waals surface area contributed by atoms with Crippen molar-refractivity contribution in [2.75, 3.05) is 56.2 Å². The molecule has 1 fully saturated rings. The standard InChI is InChI=1S/C35H32F3N5O6S/c1-4-49-29-8-6-5-7-26(29)34(42-17-15-41(16-18-42)24-13-14-40-32(20-24)35(36,37)38)27-19-23(22-39)9-11-28(27)43(33(34)44)50(45,46)31-12-10-25(47-2)21-30(31)48-3/h5-14,19-21H,4,15-18H2,1-3H3. The number of sulfonamides is 1. The van der Waals surface area contributed by atoms with Crippen LogP contribution in [0.4, 0.5) is 24.5 Å². The second kappa shape index (κ2) is 13.2. The second-order valence-electron chi connectivity index (χ2n) is 11.4. The number of para-hydroxylation sites is 1. The van der Waals surface area contributed by atoms with Crippen molar-refractivity contribution in [2.45, 2.75) is 23.5 Å². The average molecular weight is 708 g/mol. The van der Waals surface area contributed by atoms with Gasteiger partial charge in [-0.15, -0.1) is 0 Å². The lowest BCUT2D eigenvalue weighted by Gasteiger charge is -2.46. The zero-order chi connectivity index (χ0) is 35.8. The molecule has 0 aliphatic carbocycles. The number of ether oxygens (including phenoxy) is 3. The molecule has 1 aromatic heterocycles. The first-order valence-corrected chi connectivity index (χ1v) is 17.0. The number of hydrogen-bond acceptors (Lipinski definition) is 10. The summed E-state index contributed by atoms with van der Waals surface area (Å²) in [5.41, 5.74) is -1.76. The summed E-state index contributed by atoms with van der Waals surface area (Å²) in [6.45, 7) is 2.60. The molecule has 260 valence electrons. The van der Waals surface area contributed by atoms with Gasteiger partial charge in [0.2, 0.25) is 0 Å². The van der Waals surface area contributed by atoms with E-state index in [-0.39, 0.29) is 60.2 Å². The number of alkyl halides is 3. The number of carbonyl (C=O) groups excluding carboxylic acids is 1. The molecule has 15 heteroatoms. The maximum Gasteiger partial charge on any atom is 0.433 e. The number of nitriles is 1. The molecule has 50 heavy (non-hydrogen) atoms. The van der Waals surface area contributed by atoms with Crippen LogP contribution in [0.1, 0.15) is 29.3 Å². The maximum atomic E-state index is 15.3. The Morgan fingerprint density at radius 2 is 1.66 bits per heavy atom. The fourth-order valence-electron chi connectivity index (χ4n) is 6.62. The van der Waals surface area contributed by atoms with Crippen molar-refractivity contribution >= 4 is 27.3 Å². The Morgan fingerprint density at radius 1 is 0.920 bits per heavy atom. The van der Waals surface area contributed by atoms with Gasteiger partial charge in [0.15, 0.2) is 5.54 Å². The largest absolute Gasteiger partial charge is 0.497 e. The number of fused-ring (bicyclic) bond motifs is 1. The molecule has 0 radical (unpaired) electrons.